The number of hydrogen-bond acceptors (Lipinski definition) is 8. The molecular weight excluding hydrogens is 532 g/mol. The number of nitrogen functional groups attached to an aromatic ring is 1. The van der Waals surface area contributed by atoms with Crippen molar-refractivity contribution in [1.82, 2.24) is 30.1 Å². The Balaban J connectivity index is 1.51. The van der Waals surface area contributed by atoms with Gasteiger partial charge in [0.15, 0.2) is 5.13 Å². The average Bonchev–Trinajstić information content (AvgIpc) is 3.46. The fourth-order valence-electron chi connectivity index (χ4n) is 5.51. The highest BCUT2D eigenvalue weighted by Gasteiger charge is 2.52. The molecule has 1 aromatic heterocycles. The van der Waals surface area contributed by atoms with Crippen molar-refractivity contribution in [2.45, 2.75) is 45.1 Å². The molecule has 0 unspecified atom stereocenters. The molecule has 3 heterocycles. The topological polar surface area (TPSA) is 144 Å². The Bertz CT molecular complexity index is 1440. The van der Waals surface area contributed by atoms with Gasteiger partial charge in [0.25, 0.3) is 0 Å². The molecule has 2 aliphatic rings. The van der Waals surface area contributed by atoms with Crippen LogP contribution in [0.15, 0.2) is 42.5 Å². The molecule has 2 aliphatic heterocycles. The number of para-hydroxylation sites is 1. The van der Waals surface area contributed by atoms with Gasteiger partial charge in [-0.1, -0.05) is 35.6 Å². The Morgan fingerprint density at radius 3 is 2.65 bits per heavy atom. The normalized spacial score (nSPS) is 19.3. The number of nitrogens with one attached hydrogen (secondary N) is 2. The van der Waals surface area contributed by atoms with Crippen LogP contribution in [-0.4, -0.2) is 87.4 Å². The number of thiazole rings is 1. The van der Waals surface area contributed by atoms with Crippen molar-refractivity contribution >= 4 is 56.6 Å². The van der Waals surface area contributed by atoms with E-state index >= 15 is 0 Å². The molecule has 5 rings (SSSR count). The number of hydrogen-bond donors (Lipinski definition) is 3. The summed E-state index contributed by atoms with van der Waals surface area (Å²) >= 11 is 1.39. The van der Waals surface area contributed by atoms with E-state index in [4.69, 9.17) is 5.73 Å². The SMILES string of the molecule is CNC(=O)N(C(C)C)N1CC(=O)N2[C@@H](Cc3ccc(NC=O)cc3)C(=O)N(Cc3cccc4sc(N)nc34)C[C@@H]21. The van der Waals surface area contributed by atoms with Crippen LogP contribution < -0.4 is 16.4 Å². The second kappa shape index (κ2) is 11.1. The highest BCUT2D eigenvalue weighted by Crippen LogP contribution is 2.33. The van der Waals surface area contributed by atoms with Gasteiger partial charge in [0, 0.05) is 31.7 Å². The minimum atomic E-state index is -0.778. The number of hydrazine groups is 1. The number of aromatic nitrogens is 1. The maximum atomic E-state index is 14.1. The lowest BCUT2D eigenvalue weighted by molar-refractivity contribution is -0.158. The maximum absolute atomic E-state index is 14.1. The summed E-state index contributed by atoms with van der Waals surface area (Å²) in [5, 5.41) is 9.04. The zero-order valence-electron chi connectivity index (χ0n) is 22.5. The van der Waals surface area contributed by atoms with Gasteiger partial charge in [-0.3, -0.25) is 19.4 Å². The zero-order valence-corrected chi connectivity index (χ0v) is 23.4. The van der Waals surface area contributed by atoms with E-state index in [-0.39, 0.29) is 49.9 Å². The number of urea groups is 1. The number of rotatable bonds is 8. The highest BCUT2D eigenvalue weighted by atomic mass is 32.1. The zero-order chi connectivity index (χ0) is 28.6. The Morgan fingerprint density at radius 1 is 1.23 bits per heavy atom. The van der Waals surface area contributed by atoms with Gasteiger partial charge >= 0.3 is 6.03 Å². The molecule has 210 valence electrons. The Morgan fingerprint density at radius 2 is 1.98 bits per heavy atom. The van der Waals surface area contributed by atoms with E-state index in [0.29, 0.717) is 17.2 Å². The summed E-state index contributed by atoms with van der Waals surface area (Å²) in [7, 11) is 1.55. The monoisotopic (exact) mass is 564 g/mol. The van der Waals surface area contributed by atoms with Crippen LogP contribution in [0.25, 0.3) is 10.2 Å². The summed E-state index contributed by atoms with van der Waals surface area (Å²) < 4.78 is 0.935. The molecule has 0 aliphatic carbocycles. The van der Waals surface area contributed by atoms with Crippen molar-refractivity contribution in [2.75, 3.05) is 31.2 Å². The van der Waals surface area contributed by atoms with Crippen LogP contribution in [0.1, 0.15) is 25.0 Å². The summed E-state index contributed by atoms with van der Waals surface area (Å²) in [5.41, 5.74) is 9.05. The molecule has 3 aromatic rings. The molecule has 0 saturated carbocycles. The fourth-order valence-corrected chi connectivity index (χ4v) is 6.29. The number of nitrogens with zero attached hydrogens (tertiary/aromatic N) is 5. The number of carbonyl (C=O) groups excluding carboxylic acids is 4. The number of amides is 5. The number of carbonyl (C=O) groups is 4. The van der Waals surface area contributed by atoms with Crippen LogP contribution in [0.4, 0.5) is 15.6 Å². The predicted octanol–water partition coefficient (Wildman–Crippen LogP) is 1.84. The van der Waals surface area contributed by atoms with Crippen molar-refractivity contribution in [3.8, 4) is 0 Å². The number of piperazine rings is 1. The van der Waals surface area contributed by atoms with Crippen molar-refractivity contribution in [3.63, 3.8) is 0 Å². The second-order valence-electron chi connectivity index (χ2n) is 10.1. The number of fused-ring (bicyclic) bond motifs is 2. The quantitative estimate of drug-likeness (QED) is 0.354. The molecular formula is C27H32N8O4S. The Kier molecular flexibility index (Phi) is 7.59. The van der Waals surface area contributed by atoms with Crippen LogP contribution >= 0.6 is 11.3 Å². The number of anilines is 2. The van der Waals surface area contributed by atoms with Crippen LogP contribution in [-0.2, 0) is 27.3 Å². The maximum Gasteiger partial charge on any atom is 0.331 e. The van der Waals surface area contributed by atoms with Crippen molar-refractivity contribution in [3.05, 3.63) is 53.6 Å². The van der Waals surface area contributed by atoms with Crippen molar-refractivity contribution in [2.24, 2.45) is 0 Å². The average molecular weight is 565 g/mol. The molecule has 2 fully saturated rings. The van der Waals surface area contributed by atoms with Gasteiger partial charge in [-0.2, -0.15) is 5.01 Å². The van der Waals surface area contributed by atoms with Gasteiger partial charge in [0.05, 0.1) is 23.3 Å². The summed E-state index contributed by atoms with van der Waals surface area (Å²) in [6.45, 7) is 4.25. The lowest BCUT2D eigenvalue weighted by Gasteiger charge is -2.47. The third-order valence-corrected chi connectivity index (χ3v) is 8.09. The molecule has 2 aromatic carbocycles. The number of nitrogens with two attached hydrogens (primary N) is 1. The molecule has 12 nitrogen and oxygen atoms in total. The van der Waals surface area contributed by atoms with Crippen LogP contribution in [0.2, 0.25) is 0 Å². The van der Waals surface area contributed by atoms with Crippen LogP contribution in [0.3, 0.4) is 0 Å². The molecule has 0 radical (unpaired) electrons. The molecule has 13 heteroatoms. The fraction of sp³-hybridized carbons (Fsp3) is 0.370. The Hall–Kier alpha value is -4.23. The van der Waals surface area contributed by atoms with E-state index < -0.39 is 12.2 Å². The molecule has 0 bridgehead atoms. The van der Waals surface area contributed by atoms with Gasteiger partial charge < -0.3 is 26.2 Å². The van der Waals surface area contributed by atoms with E-state index in [9.17, 15) is 19.2 Å². The third kappa shape index (κ3) is 5.05. The van der Waals surface area contributed by atoms with E-state index in [1.165, 1.54) is 11.3 Å². The number of benzene rings is 2. The highest BCUT2D eigenvalue weighted by molar-refractivity contribution is 7.22. The first-order valence-corrected chi connectivity index (χ1v) is 13.8. The lowest BCUT2D eigenvalue weighted by Crippen LogP contribution is -2.66. The minimum Gasteiger partial charge on any atom is -0.375 e. The van der Waals surface area contributed by atoms with Gasteiger partial charge in [-0.15, -0.1) is 0 Å². The Labute approximate surface area is 235 Å². The summed E-state index contributed by atoms with van der Waals surface area (Å²) in [6, 6.07) is 11.6. The molecule has 2 saturated heterocycles. The summed E-state index contributed by atoms with van der Waals surface area (Å²) in [5.74, 6) is -0.399. The van der Waals surface area contributed by atoms with E-state index in [1.807, 2.05) is 44.2 Å². The first kappa shape index (κ1) is 27.3. The second-order valence-corrected chi connectivity index (χ2v) is 11.1. The van der Waals surface area contributed by atoms with Crippen molar-refractivity contribution < 1.29 is 19.2 Å². The standard InChI is InChI=1S/C27H32N8O4S/c1-16(2)35(27(39)29-3)33-14-23(37)34-20(11-17-7-9-19(10-8-17)30-15-36)25(38)32(13-22(33)34)12-18-5-4-6-21-24(18)31-26(28)40-21/h4-10,15-16,20,22H,11-14H2,1-3H3,(H2,28,31)(H,29,39)(H,30,36)/t20-,22+/m0/s1. The van der Waals surface area contributed by atoms with E-state index in [1.54, 1.807) is 39.0 Å². The largest absolute Gasteiger partial charge is 0.375 e. The van der Waals surface area contributed by atoms with Crippen molar-refractivity contribution in [1.29, 1.82) is 0 Å². The lowest BCUT2D eigenvalue weighted by atomic mass is 9.99. The van der Waals surface area contributed by atoms with Gasteiger partial charge in [0.1, 0.15) is 12.2 Å². The predicted molar refractivity (Wildman–Crippen MR) is 152 cm³/mol. The van der Waals surface area contributed by atoms with E-state index in [2.05, 4.69) is 15.6 Å². The minimum absolute atomic E-state index is 0.0196. The van der Waals surface area contributed by atoms with Crippen LogP contribution in [0, 0.1) is 0 Å². The smallest absolute Gasteiger partial charge is 0.331 e. The van der Waals surface area contributed by atoms with Gasteiger partial charge in [0.2, 0.25) is 18.2 Å². The molecule has 0 spiro atoms. The van der Waals surface area contributed by atoms with Gasteiger partial charge in [-0.05, 0) is 43.2 Å². The van der Waals surface area contributed by atoms with Crippen LogP contribution in [0.5, 0.6) is 0 Å². The molecule has 4 N–H and O–H groups in total. The summed E-state index contributed by atoms with van der Waals surface area (Å²) in [6.07, 6.45) is 0.344. The molecule has 40 heavy (non-hydrogen) atoms. The molecule has 5 amide bonds. The first-order valence-electron chi connectivity index (χ1n) is 13.0. The first-order chi connectivity index (χ1) is 19.2. The summed E-state index contributed by atoms with van der Waals surface area (Å²) in [4.78, 5) is 59.0. The third-order valence-electron chi connectivity index (χ3n) is 7.24. The molecule has 2 atom stereocenters. The van der Waals surface area contributed by atoms with Gasteiger partial charge in [-0.25, -0.2) is 9.78 Å². The van der Waals surface area contributed by atoms with E-state index in [0.717, 1.165) is 21.3 Å².